The quantitative estimate of drug-likeness (QED) is 0.0938. The van der Waals surface area contributed by atoms with Crippen LogP contribution >= 0.6 is 0 Å². The number of anilines is 3. The molecule has 0 amide bonds. The standard InChI is InChI=1S/2C36H23N7.C34H24N4/c1-2-12-27(13-3-1)43-32-18-17-25(23-29(32)28-14-9-21-39-36(28)43)24-10-8-11-26(22-24)33-40-34(30-15-4-6-19-37-30)42-35(41-33)31-16-5-7-20-38-31;1-2-9-27(10-3-1)43-32-19-18-26(23-29(32)28-11-8-22-39-36(28)43)24-14-16-25(17-15-24)33-40-34(30-12-4-6-20-37-30)42-35(41-33)31-13-5-7-21-38-31;1-3-10-27(11-4-1)37(28-12-5-2-6-13-28)29-19-16-25(17-20-29)26-18-21-32-31(24-26)30-14-9-23-36-34(30)38(32)33-15-7-8-22-35-33/h2*1-23H;1-24H. The summed E-state index contributed by atoms with van der Waals surface area (Å²) in [5.41, 5.74) is 22.8. The van der Waals surface area contributed by atoms with Gasteiger partial charge >= 0.3 is 0 Å². The predicted octanol–water partition coefficient (Wildman–Crippen LogP) is 24.4. The molecule has 0 N–H and O–H groups in total. The maximum Gasteiger partial charge on any atom is 0.182 e. The van der Waals surface area contributed by atoms with Gasteiger partial charge in [-0.1, -0.05) is 176 Å². The Hall–Kier alpha value is -17.4. The Morgan fingerprint density at radius 2 is 0.484 bits per heavy atom. The van der Waals surface area contributed by atoms with Crippen molar-refractivity contribution in [3.05, 3.63) is 426 Å². The maximum absolute atomic E-state index is 4.84. The summed E-state index contributed by atoms with van der Waals surface area (Å²) in [5.74, 6) is 4.00. The van der Waals surface area contributed by atoms with E-state index in [0.29, 0.717) is 57.7 Å². The van der Waals surface area contributed by atoms with Crippen LogP contribution in [0.3, 0.4) is 0 Å². The number of pyridine rings is 8. The molecule has 0 atom stereocenters. The molecule has 23 aromatic rings. The maximum atomic E-state index is 4.84. The molecule has 0 saturated heterocycles. The molecule has 0 bridgehead atoms. The molecule has 0 radical (unpaired) electrons. The second kappa shape index (κ2) is 33.2. The van der Waals surface area contributed by atoms with Crippen LogP contribution in [0.2, 0.25) is 0 Å². The molecule has 10 aromatic carbocycles. The van der Waals surface area contributed by atoms with Gasteiger partial charge in [-0.3, -0.25) is 33.6 Å². The van der Waals surface area contributed by atoms with Crippen molar-refractivity contribution in [3.63, 3.8) is 0 Å². The molecule has 18 nitrogen and oxygen atoms in total. The average molecular weight is 1600 g/mol. The molecule has 0 fully saturated rings. The van der Waals surface area contributed by atoms with Gasteiger partial charge in [-0.15, -0.1) is 0 Å². The van der Waals surface area contributed by atoms with Gasteiger partial charge < -0.3 is 4.90 Å². The molecule has 0 aliphatic heterocycles. The molecule has 23 rings (SSSR count). The highest BCUT2D eigenvalue weighted by atomic mass is 15.1. The van der Waals surface area contributed by atoms with Crippen LogP contribution in [0.4, 0.5) is 17.1 Å². The number of rotatable bonds is 15. The van der Waals surface area contributed by atoms with Gasteiger partial charge in [0.2, 0.25) is 0 Å². The highest BCUT2D eigenvalue weighted by molar-refractivity contribution is 6.11. The smallest absolute Gasteiger partial charge is 0.182 e. The number of fused-ring (bicyclic) bond motifs is 9. The van der Waals surface area contributed by atoms with Crippen molar-refractivity contribution in [1.82, 2.24) is 83.5 Å². The number of para-hydroxylation sites is 4. The highest BCUT2D eigenvalue weighted by Gasteiger charge is 2.22. The molecular weight excluding hydrogens is 1530 g/mol. The fourth-order valence-electron chi connectivity index (χ4n) is 16.0. The third-order valence-electron chi connectivity index (χ3n) is 21.8. The second-order valence-corrected chi connectivity index (χ2v) is 29.4. The van der Waals surface area contributed by atoms with E-state index < -0.39 is 0 Å². The molecule has 0 saturated carbocycles. The number of benzene rings is 10. The number of hydrogen-bond acceptors (Lipinski definition) is 15. The molecular formula is C106H70N18. The van der Waals surface area contributed by atoms with Gasteiger partial charge in [0, 0.05) is 121 Å². The first-order valence-electron chi connectivity index (χ1n) is 40.6. The summed E-state index contributed by atoms with van der Waals surface area (Å²) < 4.78 is 6.57. The van der Waals surface area contributed by atoms with Crippen LogP contribution in [0.15, 0.2) is 426 Å². The van der Waals surface area contributed by atoms with Crippen LogP contribution in [0, 0.1) is 0 Å². The minimum atomic E-state index is 0.499. The topological polar surface area (TPSA) is 198 Å². The van der Waals surface area contributed by atoms with E-state index in [1.165, 1.54) is 11.1 Å². The van der Waals surface area contributed by atoms with Gasteiger partial charge in [-0.05, 0) is 234 Å². The first-order chi connectivity index (χ1) is 61.5. The van der Waals surface area contributed by atoms with E-state index >= 15 is 0 Å². The Kier molecular flexibility index (Phi) is 19.9. The molecule has 18 heteroatoms. The molecule has 13 aromatic heterocycles. The molecule has 584 valence electrons. The van der Waals surface area contributed by atoms with Gasteiger partial charge in [0.25, 0.3) is 0 Å². The van der Waals surface area contributed by atoms with Gasteiger partial charge in [0.1, 0.15) is 45.5 Å². The summed E-state index contributed by atoms with van der Waals surface area (Å²) in [6.45, 7) is 0. The minimum absolute atomic E-state index is 0.499. The zero-order chi connectivity index (χ0) is 82.5. The van der Waals surface area contributed by atoms with Crippen LogP contribution in [-0.4, -0.2) is 83.5 Å². The van der Waals surface area contributed by atoms with E-state index in [1.54, 1.807) is 24.8 Å². The Balaban J connectivity index is 0.000000114. The van der Waals surface area contributed by atoms with E-state index in [1.807, 2.05) is 183 Å². The normalized spacial score (nSPS) is 11.2. The van der Waals surface area contributed by atoms with Crippen molar-refractivity contribution in [3.8, 4) is 119 Å². The molecule has 0 unspecified atom stereocenters. The number of aromatic nitrogens is 17. The lowest BCUT2D eigenvalue weighted by atomic mass is 10.0. The van der Waals surface area contributed by atoms with E-state index in [9.17, 15) is 0 Å². The average Bonchev–Trinajstić information content (AvgIpc) is 1.60. The second-order valence-electron chi connectivity index (χ2n) is 29.4. The van der Waals surface area contributed by atoms with E-state index in [-0.39, 0.29) is 0 Å². The third-order valence-corrected chi connectivity index (χ3v) is 21.8. The van der Waals surface area contributed by atoms with Crippen molar-refractivity contribution in [2.45, 2.75) is 0 Å². The first kappa shape index (κ1) is 74.2. The van der Waals surface area contributed by atoms with Crippen molar-refractivity contribution < 1.29 is 0 Å². The molecule has 124 heavy (non-hydrogen) atoms. The number of nitrogens with zero attached hydrogens (tertiary/aromatic N) is 18. The van der Waals surface area contributed by atoms with E-state index in [0.717, 1.165) is 133 Å². The minimum Gasteiger partial charge on any atom is -0.311 e. The highest BCUT2D eigenvalue weighted by Crippen LogP contribution is 2.41. The first-order valence-corrected chi connectivity index (χ1v) is 40.6. The van der Waals surface area contributed by atoms with Crippen molar-refractivity contribution >= 4 is 82.9 Å². The van der Waals surface area contributed by atoms with Crippen molar-refractivity contribution in [2.75, 3.05) is 4.90 Å². The summed E-state index contributed by atoms with van der Waals surface area (Å²) in [4.78, 5) is 67.6. The van der Waals surface area contributed by atoms with Crippen LogP contribution in [0.1, 0.15) is 0 Å². The third kappa shape index (κ3) is 14.7. The summed E-state index contributed by atoms with van der Waals surface area (Å²) in [7, 11) is 0. The summed E-state index contributed by atoms with van der Waals surface area (Å²) in [5, 5.41) is 6.81. The zero-order valence-electron chi connectivity index (χ0n) is 66.5. The summed E-state index contributed by atoms with van der Waals surface area (Å²) >= 11 is 0. The Morgan fingerprint density at radius 3 is 0.887 bits per heavy atom. The summed E-state index contributed by atoms with van der Waals surface area (Å²) in [6, 6.07) is 128. The Bertz CT molecular complexity index is 7590. The molecule has 0 aliphatic rings. The zero-order valence-corrected chi connectivity index (χ0v) is 66.5. The van der Waals surface area contributed by atoms with Crippen molar-refractivity contribution in [1.29, 1.82) is 0 Å². The van der Waals surface area contributed by atoms with E-state index in [2.05, 4.69) is 267 Å². The number of hydrogen-bond donors (Lipinski definition) is 0. The van der Waals surface area contributed by atoms with E-state index in [4.69, 9.17) is 39.9 Å². The SMILES string of the molecule is c1ccc(-n2c3ccc(-c4ccc(-c5nc(-c6ccccn6)nc(-c6ccccn6)n5)cc4)cc3c3cccnc32)cc1.c1ccc(-n2c3ccc(-c4cccc(-c5nc(-c6ccccn6)nc(-c6ccccn6)n5)c4)cc3c3cccnc32)cc1.c1ccc(N(c2ccccc2)c2ccc(-c3ccc4c(c3)c3cccnc3n4-c3ccccn3)cc2)cc1. The monoisotopic (exact) mass is 1590 g/mol. The lowest BCUT2D eigenvalue weighted by Gasteiger charge is -2.25. The Labute approximate surface area is 712 Å². The van der Waals surface area contributed by atoms with Crippen LogP contribution in [-0.2, 0) is 0 Å². The summed E-state index contributed by atoms with van der Waals surface area (Å²) in [6.07, 6.45) is 14.3. The van der Waals surface area contributed by atoms with Gasteiger partial charge in [0.15, 0.2) is 34.9 Å². The Morgan fingerprint density at radius 1 is 0.177 bits per heavy atom. The van der Waals surface area contributed by atoms with Gasteiger partial charge in [-0.2, -0.15) is 0 Å². The predicted molar refractivity (Wildman–Crippen MR) is 495 cm³/mol. The molecule has 13 heterocycles. The molecule has 0 aliphatic carbocycles. The van der Waals surface area contributed by atoms with Crippen LogP contribution < -0.4 is 4.90 Å². The fourth-order valence-corrected chi connectivity index (χ4v) is 16.0. The van der Waals surface area contributed by atoms with Crippen LogP contribution in [0.25, 0.3) is 185 Å². The van der Waals surface area contributed by atoms with Crippen LogP contribution in [0.5, 0.6) is 0 Å². The lowest BCUT2D eigenvalue weighted by molar-refractivity contribution is 1.05. The lowest BCUT2D eigenvalue weighted by Crippen LogP contribution is -2.09. The van der Waals surface area contributed by atoms with Gasteiger partial charge in [-0.25, -0.2) is 49.8 Å². The fraction of sp³-hybridized carbons (Fsp3) is 0. The van der Waals surface area contributed by atoms with Crippen molar-refractivity contribution in [2.24, 2.45) is 0 Å². The van der Waals surface area contributed by atoms with Gasteiger partial charge in [0.05, 0.1) is 16.6 Å². The molecule has 0 spiro atoms. The largest absolute Gasteiger partial charge is 0.311 e.